The minimum absolute atomic E-state index is 0.251. The molecule has 1 aliphatic heterocycles. The highest BCUT2D eigenvalue weighted by atomic mass is 16.5. The van der Waals surface area contributed by atoms with Crippen LogP contribution >= 0.6 is 0 Å². The quantitative estimate of drug-likeness (QED) is 0.620. The predicted molar refractivity (Wildman–Crippen MR) is 116 cm³/mol. The fraction of sp³-hybridized carbons (Fsp3) is 0.476. The van der Waals surface area contributed by atoms with Gasteiger partial charge in [-0.3, -0.25) is 0 Å². The molecule has 2 heterocycles. The third kappa shape index (κ3) is 5.97. The van der Waals surface area contributed by atoms with Crippen LogP contribution in [0.15, 0.2) is 24.3 Å². The van der Waals surface area contributed by atoms with E-state index >= 15 is 0 Å². The molecule has 2 aromatic rings. The number of anilines is 3. The van der Waals surface area contributed by atoms with Crippen molar-refractivity contribution in [3.63, 3.8) is 0 Å². The van der Waals surface area contributed by atoms with Crippen LogP contribution in [-0.2, 0) is 0 Å². The van der Waals surface area contributed by atoms with Crippen LogP contribution in [0.2, 0.25) is 0 Å². The van der Waals surface area contributed by atoms with Gasteiger partial charge < -0.3 is 25.6 Å². The number of amides is 2. The predicted octanol–water partition coefficient (Wildman–Crippen LogP) is 3.33. The monoisotopic (exact) mass is 398 g/mol. The summed E-state index contributed by atoms with van der Waals surface area (Å²) < 4.78 is 5.18. The van der Waals surface area contributed by atoms with Crippen molar-refractivity contribution < 1.29 is 9.53 Å². The molecule has 3 rings (SSSR count). The summed E-state index contributed by atoms with van der Waals surface area (Å²) in [6.45, 7) is 6.98. The molecular weight excluding hydrogens is 368 g/mol. The Kier molecular flexibility index (Phi) is 7.10. The highest BCUT2D eigenvalue weighted by Crippen LogP contribution is 2.21. The zero-order valence-corrected chi connectivity index (χ0v) is 17.4. The molecule has 8 nitrogen and oxygen atoms in total. The molecule has 2 amide bonds. The van der Waals surface area contributed by atoms with E-state index < -0.39 is 0 Å². The Hall–Kier alpha value is -3.03. The van der Waals surface area contributed by atoms with Crippen molar-refractivity contribution in [3.8, 4) is 5.75 Å². The lowest BCUT2D eigenvalue weighted by Gasteiger charge is -2.28. The first kappa shape index (κ1) is 20.7. The number of benzene rings is 1. The van der Waals surface area contributed by atoms with Crippen molar-refractivity contribution in [2.45, 2.75) is 33.1 Å². The molecule has 3 N–H and O–H groups in total. The van der Waals surface area contributed by atoms with Crippen LogP contribution in [0, 0.1) is 13.8 Å². The van der Waals surface area contributed by atoms with Gasteiger partial charge >= 0.3 is 6.03 Å². The second-order valence-electron chi connectivity index (χ2n) is 7.23. The van der Waals surface area contributed by atoms with Crippen LogP contribution < -0.4 is 25.6 Å². The van der Waals surface area contributed by atoms with E-state index in [1.807, 2.05) is 38.1 Å². The van der Waals surface area contributed by atoms with Gasteiger partial charge in [0.1, 0.15) is 11.6 Å². The number of carbonyl (C=O) groups excluding carboxylic acids is 1. The van der Waals surface area contributed by atoms with Crippen molar-refractivity contribution in [1.82, 2.24) is 15.3 Å². The Morgan fingerprint density at radius 2 is 1.90 bits per heavy atom. The molecule has 1 aliphatic rings. The average molecular weight is 399 g/mol. The lowest BCUT2D eigenvalue weighted by atomic mass is 10.1. The first-order chi connectivity index (χ1) is 14.0. The van der Waals surface area contributed by atoms with Crippen molar-refractivity contribution in [3.05, 3.63) is 35.5 Å². The maximum atomic E-state index is 12.1. The standard InChI is InChI=1S/C21H30N6O2/c1-15-13-17(29-3)7-8-18(15)25-21(28)23-10-9-22-20-24-16(2)14-19(26-20)27-11-5-4-6-12-27/h7-8,13-14H,4-6,9-12H2,1-3H3,(H,22,24,26)(H2,23,25,28). The summed E-state index contributed by atoms with van der Waals surface area (Å²) in [5.74, 6) is 2.33. The van der Waals surface area contributed by atoms with Gasteiger partial charge in [0.25, 0.3) is 0 Å². The van der Waals surface area contributed by atoms with Gasteiger partial charge in [0.2, 0.25) is 5.95 Å². The van der Waals surface area contributed by atoms with Crippen molar-refractivity contribution in [1.29, 1.82) is 0 Å². The van der Waals surface area contributed by atoms with E-state index in [-0.39, 0.29) is 6.03 Å². The Balaban J connectivity index is 1.46. The highest BCUT2D eigenvalue weighted by molar-refractivity contribution is 5.90. The number of nitrogens with one attached hydrogen (secondary N) is 3. The summed E-state index contributed by atoms with van der Waals surface area (Å²) in [6, 6.07) is 7.30. The molecule has 156 valence electrons. The molecule has 1 saturated heterocycles. The van der Waals surface area contributed by atoms with E-state index in [1.165, 1.54) is 19.3 Å². The van der Waals surface area contributed by atoms with Gasteiger partial charge in [-0.1, -0.05) is 0 Å². The molecule has 0 atom stereocenters. The number of methoxy groups -OCH3 is 1. The molecule has 0 spiro atoms. The number of aryl methyl sites for hydroxylation is 2. The van der Waals surface area contributed by atoms with E-state index in [2.05, 4.69) is 30.8 Å². The minimum Gasteiger partial charge on any atom is -0.497 e. The number of piperidine rings is 1. The Bertz CT molecular complexity index is 836. The summed E-state index contributed by atoms with van der Waals surface area (Å²) in [7, 11) is 1.62. The van der Waals surface area contributed by atoms with Crippen LogP contribution in [0.5, 0.6) is 5.75 Å². The Morgan fingerprint density at radius 1 is 1.10 bits per heavy atom. The van der Waals surface area contributed by atoms with Gasteiger partial charge in [0.05, 0.1) is 7.11 Å². The first-order valence-electron chi connectivity index (χ1n) is 10.1. The Morgan fingerprint density at radius 3 is 2.62 bits per heavy atom. The zero-order valence-electron chi connectivity index (χ0n) is 17.4. The van der Waals surface area contributed by atoms with Crippen LogP contribution in [0.1, 0.15) is 30.5 Å². The van der Waals surface area contributed by atoms with Crippen LogP contribution in [0.3, 0.4) is 0 Å². The third-order valence-corrected chi connectivity index (χ3v) is 4.90. The minimum atomic E-state index is -0.251. The average Bonchev–Trinajstić information content (AvgIpc) is 2.73. The maximum Gasteiger partial charge on any atom is 0.319 e. The summed E-state index contributed by atoms with van der Waals surface area (Å²) in [5, 5.41) is 8.89. The topological polar surface area (TPSA) is 91.4 Å². The maximum absolute atomic E-state index is 12.1. The number of ether oxygens (including phenoxy) is 1. The van der Waals surface area contributed by atoms with E-state index in [4.69, 9.17) is 4.74 Å². The molecule has 8 heteroatoms. The molecule has 0 aliphatic carbocycles. The molecule has 1 fully saturated rings. The lowest BCUT2D eigenvalue weighted by molar-refractivity contribution is 0.252. The number of nitrogens with zero attached hydrogens (tertiary/aromatic N) is 3. The molecule has 0 radical (unpaired) electrons. The van der Waals surface area contributed by atoms with Crippen molar-refractivity contribution in [2.75, 3.05) is 48.8 Å². The SMILES string of the molecule is COc1ccc(NC(=O)NCCNc2nc(C)cc(N3CCCCC3)n2)c(C)c1. The summed E-state index contributed by atoms with van der Waals surface area (Å²) >= 11 is 0. The van der Waals surface area contributed by atoms with Gasteiger partial charge in [-0.05, 0) is 56.9 Å². The lowest BCUT2D eigenvalue weighted by Crippen LogP contribution is -2.33. The molecule has 1 aromatic carbocycles. The second-order valence-corrected chi connectivity index (χ2v) is 7.23. The smallest absolute Gasteiger partial charge is 0.319 e. The number of rotatable bonds is 7. The fourth-order valence-electron chi connectivity index (χ4n) is 3.34. The molecule has 0 saturated carbocycles. The molecule has 0 unspecified atom stereocenters. The summed E-state index contributed by atoms with van der Waals surface area (Å²) in [5.41, 5.74) is 2.63. The highest BCUT2D eigenvalue weighted by Gasteiger charge is 2.13. The van der Waals surface area contributed by atoms with Crippen molar-refractivity contribution >= 4 is 23.5 Å². The number of carbonyl (C=O) groups is 1. The number of hydrogen-bond acceptors (Lipinski definition) is 6. The second kappa shape index (κ2) is 9.95. The molecule has 0 bridgehead atoms. The normalized spacial score (nSPS) is 13.7. The largest absolute Gasteiger partial charge is 0.497 e. The molecule has 29 heavy (non-hydrogen) atoms. The summed E-state index contributed by atoms with van der Waals surface area (Å²) in [4.78, 5) is 23.5. The Labute approximate surface area is 172 Å². The van der Waals surface area contributed by atoms with Gasteiger partial charge in [-0.15, -0.1) is 0 Å². The van der Waals surface area contributed by atoms with Crippen molar-refractivity contribution in [2.24, 2.45) is 0 Å². The van der Waals surface area contributed by atoms with Gasteiger partial charge in [0.15, 0.2) is 0 Å². The number of aromatic nitrogens is 2. The van der Waals surface area contributed by atoms with E-state index in [0.29, 0.717) is 19.0 Å². The van der Waals surface area contributed by atoms with E-state index in [1.54, 1.807) is 7.11 Å². The van der Waals surface area contributed by atoms with Crippen LogP contribution in [-0.4, -0.2) is 49.3 Å². The molecular formula is C21H30N6O2. The van der Waals surface area contributed by atoms with E-state index in [9.17, 15) is 4.79 Å². The van der Waals surface area contributed by atoms with Crippen LogP contribution in [0.25, 0.3) is 0 Å². The first-order valence-corrected chi connectivity index (χ1v) is 10.1. The fourth-order valence-corrected chi connectivity index (χ4v) is 3.34. The number of urea groups is 1. The summed E-state index contributed by atoms with van der Waals surface area (Å²) in [6.07, 6.45) is 3.70. The molecule has 1 aromatic heterocycles. The zero-order chi connectivity index (χ0) is 20.6. The van der Waals surface area contributed by atoms with Gasteiger partial charge in [0, 0.05) is 43.6 Å². The van der Waals surface area contributed by atoms with Crippen LogP contribution in [0.4, 0.5) is 22.2 Å². The third-order valence-electron chi connectivity index (χ3n) is 4.90. The van der Waals surface area contributed by atoms with Gasteiger partial charge in [-0.25, -0.2) is 9.78 Å². The number of hydrogen-bond donors (Lipinski definition) is 3. The van der Waals surface area contributed by atoms with E-state index in [0.717, 1.165) is 41.6 Å². The van der Waals surface area contributed by atoms with Gasteiger partial charge in [-0.2, -0.15) is 4.98 Å².